The number of unbranched alkanes of at least 4 members (excludes halogenated alkanes) is 2. The quantitative estimate of drug-likeness (QED) is 0.278. The molecule has 10 nitrogen and oxygen atoms in total. The molecule has 10 heteroatoms. The molecule has 1 N–H and O–H groups in total. The van der Waals surface area contributed by atoms with Gasteiger partial charge in [0.2, 0.25) is 0 Å². The Bertz CT molecular complexity index is 1870. The first-order valence-corrected chi connectivity index (χ1v) is 13.4. The molecule has 0 atom stereocenters. The third kappa shape index (κ3) is 4.75. The van der Waals surface area contributed by atoms with Gasteiger partial charge in [0.05, 0.1) is 11.4 Å². The lowest BCUT2D eigenvalue weighted by molar-refractivity contribution is 0.658. The van der Waals surface area contributed by atoms with Crippen molar-refractivity contribution in [1.82, 2.24) is 39.3 Å². The van der Waals surface area contributed by atoms with Gasteiger partial charge in [0.15, 0.2) is 11.2 Å². The predicted molar refractivity (Wildman–Crippen MR) is 153 cm³/mol. The summed E-state index contributed by atoms with van der Waals surface area (Å²) >= 11 is 0. The fourth-order valence-corrected chi connectivity index (χ4v) is 5.03. The smallest absolute Gasteiger partial charge is 0.318 e. The van der Waals surface area contributed by atoms with Crippen molar-refractivity contribution in [3.05, 3.63) is 117 Å². The number of nitrogens with one attached hydrogen (secondary N) is 1. The van der Waals surface area contributed by atoms with Crippen LogP contribution in [0.25, 0.3) is 33.7 Å². The SMILES string of the molecule is CCCCCc1nc2[nH]c(=O)n(-c3ccccc3)c(=O)c2n1Cc1ccc(-c2ccccc2-n2cnnn2)cc1. The number of aromatic amines is 1. The molecule has 0 bridgehead atoms. The second-order valence-electron chi connectivity index (χ2n) is 9.64. The minimum atomic E-state index is -0.501. The average Bonchev–Trinajstić information content (AvgIpc) is 3.63. The number of hydrogen-bond donors (Lipinski definition) is 1. The van der Waals surface area contributed by atoms with Gasteiger partial charge in [-0.2, -0.15) is 4.68 Å². The number of imidazole rings is 1. The van der Waals surface area contributed by atoms with E-state index in [2.05, 4.69) is 51.7 Å². The third-order valence-electron chi connectivity index (χ3n) is 7.00. The minimum absolute atomic E-state index is 0.320. The van der Waals surface area contributed by atoms with Gasteiger partial charge in [-0.05, 0) is 46.2 Å². The Hall–Kier alpha value is -5.12. The summed E-state index contributed by atoms with van der Waals surface area (Å²) in [7, 11) is 0. The van der Waals surface area contributed by atoms with Gasteiger partial charge in [0.25, 0.3) is 5.56 Å². The second-order valence-corrected chi connectivity index (χ2v) is 9.64. The van der Waals surface area contributed by atoms with E-state index in [0.29, 0.717) is 29.8 Å². The number of hydrogen-bond acceptors (Lipinski definition) is 6. The van der Waals surface area contributed by atoms with Crippen LogP contribution in [-0.2, 0) is 13.0 Å². The Morgan fingerprint density at radius 1 is 0.875 bits per heavy atom. The fraction of sp³-hybridized carbons (Fsp3) is 0.200. The van der Waals surface area contributed by atoms with Crippen LogP contribution in [-0.4, -0.2) is 39.3 Å². The number of rotatable bonds is 9. The molecule has 0 unspecified atom stereocenters. The molecule has 0 aliphatic heterocycles. The second kappa shape index (κ2) is 10.9. The molecule has 200 valence electrons. The summed E-state index contributed by atoms with van der Waals surface area (Å²) in [5.41, 5.74) is 4.25. The lowest BCUT2D eigenvalue weighted by Gasteiger charge is -2.12. The fourth-order valence-electron chi connectivity index (χ4n) is 5.03. The van der Waals surface area contributed by atoms with Crippen molar-refractivity contribution in [2.24, 2.45) is 0 Å². The molecule has 0 radical (unpaired) electrons. The summed E-state index contributed by atoms with van der Waals surface area (Å²) < 4.78 is 4.77. The van der Waals surface area contributed by atoms with Crippen molar-refractivity contribution in [3.8, 4) is 22.5 Å². The molecule has 6 rings (SSSR count). The van der Waals surface area contributed by atoms with E-state index in [9.17, 15) is 9.59 Å². The Balaban J connectivity index is 1.41. The van der Waals surface area contributed by atoms with E-state index in [1.54, 1.807) is 35.3 Å². The maximum Gasteiger partial charge on any atom is 0.334 e. The van der Waals surface area contributed by atoms with Gasteiger partial charge in [0.1, 0.15) is 12.2 Å². The monoisotopic (exact) mass is 532 g/mol. The zero-order valence-electron chi connectivity index (χ0n) is 22.1. The van der Waals surface area contributed by atoms with Crippen molar-refractivity contribution in [3.63, 3.8) is 0 Å². The number of H-pyrrole nitrogens is 1. The number of aryl methyl sites for hydroxylation is 1. The van der Waals surface area contributed by atoms with Crippen LogP contribution in [0.4, 0.5) is 0 Å². The van der Waals surface area contributed by atoms with E-state index in [0.717, 1.165) is 47.5 Å². The molecule has 3 aromatic heterocycles. The zero-order valence-corrected chi connectivity index (χ0v) is 22.1. The molecule has 0 aliphatic carbocycles. The summed E-state index contributed by atoms with van der Waals surface area (Å²) in [5.74, 6) is 0.787. The Morgan fingerprint density at radius 3 is 2.40 bits per heavy atom. The first kappa shape index (κ1) is 25.2. The van der Waals surface area contributed by atoms with Crippen molar-refractivity contribution >= 4 is 11.2 Å². The topological polar surface area (TPSA) is 116 Å². The van der Waals surface area contributed by atoms with Crippen LogP contribution in [0.15, 0.2) is 94.8 Å². The molecule has 6 aromatic rings. The Morgan fingerprint density at radius 2 is 1.65 bits per heavy atom. The van der Waals surface area contributed by atoms with E-state index in [1.165, 1.54) is 4.57 Å². The summed E-state index contributed by atoms with van der Waals surface area (Å²) in [6.45, 7) is 2.60. The highest BCUT2D eigenvalue weighted by atomic mass is 16.2. The number of benzene rings is 3. The van der Waals surface area contributed by atoms with E-state index < -0.39 is 5.69 Å². The molecular weight excluding hydrogens is 504 g/mol. The highest BCUT2D eigenvalue weighted by Crippen LogP contribution is 2.27. The van der Waals surface area contributed by atoms with Gasteiger partial charge in [0, 0.05) is 18.5 Å². The first-order chi connectivity index (χ1) is 19.6. The summed E-state index contributed by atoms with van der Waals surface area (Å²) in [6, 6.07) is 25.1. The maximum atomic E-state index is 13.8. The van der Waals surface area contributed by atoms with Crippen LogP contribution in [0.2, 0.25) is 0 Å². The van der Waals surface area contributed by atoms with Crippen LogP contribution in [0.3, 0.4) is 0 Å². The van der Waals surface area contributed by atoms with Crippen LogP contribution in [0.5, 0.6) is 0 Å². The van der Waals surface area contributed by atoms with Gasteiger partial charge >= 0.3 is 5.69 Å². The third-order valence-corrected chi connectivity index (χ3v) is 7.00. The summed E-state index contributed by atoms with van der Waals surface area (Å²) in [6.07, 6.45) is 5.37. The van der Waals surface area contributed by atoms with Crippen molar-refractivity contribution in [1.29, 1.82) is 0 Å². The highest BCUT2D eigenvalue weighted by Gasteiger charge is 2.19. The highest BCUT2D eigenvalue weighted by molar-refractivity contribution is 5.73. The van der Waals surface area contributed by atoms with E-state index in [-0.39, 0.29) is 5.56 Å². The van der Waals surface area contributed by atoms with Gasteiger partial charge in [-0.25, -0.2) is 14.3 Å². The largest absolute Gasteiger partial charge is 0.334 e. The lowest BCUT2D eigenvalue weighted by atomic mass is 10.0. The van der Waals surface area contributed by atoms with Crippen LogP contribution < -0.4 is 11.2 Å². The Labute approximate surface area is 229 Å². The van der Waals surface area contributed by atoms with Crippen molar-refractivity contribution < 1.29 is 0 Å². The van der Waals surface area contributed by atoms with Crippen molar-refractivity contribution in [2.45, 2.75) is 39.2 Å². The molecule has 0 amide bonds. The van der Waals surface area contributed by atoms with Crippen molar-refractivity contribution in [2.75, 3.05) is 0 Å². The number of nitrogens with zero attached hydrogens (tertiary/aromatic N) is 7. The van der Waals surface area contributed by atoms with Crippen LogP contribution in [0, 0.1) is 0 Å². The molecule has 0 saturated heterocycles. The number of para-hydroxylation sites is 2. The standard InChI is InChI=1S/C30H28N8O2/c1-2-3-5-14-26-32-28-27(29(39)38(30(40)33-28)23-10-6-4-7-11-23)36(26)19-21-15-17-22(18-16-21)24-12-8-9-13-25(24)37-20-31-34-35-37/h4,6-13,15-18,20H,2-3,5,14,19H2,1H3,(H,33,40). The number of fused-ring (bicyclic) bond motifs is 1. The van der Waals surface area contributed by atoms with Gasteiger partial charge in [-0.1, -0.05) is 80.4 Å². The van der Waals surface area contributed by atoms with Gasteiger partial charge < -0.3 is 4.57 Å². The Kier molecular flexibility index (Phi) is 6.88. The van der Waals surface area contributed by atoms with E-state index >= 15 is 0 Å². The van der Waals surface area contributed by atoms with E-state index in [1.807, 2.05) is 34.9 Å². The van der Waals surface area contributed by atoms with Gasteiger partial charge in [-0.3, -0.25) is 9.78 Å². The zero-order chi connectivity index (χ0) is 27.5. The average molecular weight is 533 g/mol. The van der Waals surface area contributed by atoms with E-state index in [4.69, 9.17) is 4.98 Å². The van der Waals surface area contributed by atoms with Gasteiger partial charge in [-0.15, -0.1) is 5.10 Å². The molecule has 3 aromatic carbocycles. The first-order valence-electron chi connectivity index (χ1n) is 13.4. The number of aromatic nitrogens is 8. The normalized spacial score (nSPS) is 11.3. The summed E-state index contributed by atoms with van der Waals surface area (Å²) in [4.78, 5) is 34.2. The molecule has 0 spiro atoms. The maximum absolute atomic E-state index is 13.8. The molecule has 0 saturated carbocycles. The molecule has 40 heavy (non-hydrogen) atoms. The molecule has 0 fully saturated rings. The van der Waals surface area contributed by atoms with Crippen LogP contribution in [0.1, 0.15) is 37.6 Å². The predicted octanol–water partition coefficient (Wildman–Crippen LogP) is 4.30. The number of tetrazole rings is 1. The minimum Gasteiger partial charge on any atom is -0.318 e. The summed E-state index contributed by atoms with van der Waals surface area (Å²) in [5, 5.41) is 11.6. The van der Waals surface area contributed by atoms with Crippen LogP contribution >= 0.6 is 0 Å². The molecule has 3 heterocycles. The molecular formula is C30H28N8O2. The lowest BCUT2D eigenvalue weighted by Crippen LogP contribution is -2.34. The molecule has 0 aliphatic rings.